The maximum atomic E-state index is 11.0. The van der Waals surface area contributed by atoms with Crippen LogP contribution in [0.15, 0.2) is 30.3 Å². The standard InChI is InChI=1S/C10H12N2O3/c13-9-7(10(14)15)8(11-12-9)6-4-2-1-3-5-6/h1-5,7-9,11-13H,(H,14,15). The van der Waals surface area contributed by atoms with Crippen molar-refractivity contribution in [2.45, 2.75) is 12.3 Å². The summed E-state index contributed by atoms with van der Waals surface area (Å²) in [4.78, 5) is 11.0. The molecule has 1 fully saturated rings. The van der Waals surface area contributed by atoms with Crippen LogP contribution in [0.25, 0.3) is 0 Å². The van der Waals surface area contributed by atoms with Crippen LogP contribution in [-0.2, 0) is 4.79 Å². The van der Waals surface area contributed by atoms with Gasteiger partial charge in [0.2, 0.25) is 0 Å². The number of rotatable bonds is 2. The van der Waals surface area contributed by atoms with E-state index in [-0.39, 0.29) is 0 Å². The maximum Gasteiger partial charge on any atom is 0.312 e. The van der Waals surface area contributed by atoms with Gasteiger partial charge in [0.1, 0.15) is 12.1 Å². The number of hydrogen-bond acceptors (Lipinski definition) is 4. The van der Waals surface area contributed by atoms with E-state index in [1.54, 1.807) is 0 Å². The van der Waals surface area contributed by atoms with E-state index in [9.17, 15) is 9.90 Å². The zero-order chi connectivity index (χ0) is 10.8. The molecule has 1 aromatic carbocycles. The van der Waals surface area contributed by atoms with E-state index in [2.05, 4.69) is 10.9 Å². The Morgan fingerprint density at radius 1 is 1.20 bits per heavy atom. The van der Waals surface area contributed by atoms with Crippen molar-refractivity contribution in [3.63, 3.8) is 0 Å². The van der Waals surface area contributed by atoms with Crippen LogP contribution < -0.4 is 10.9 Å². The molecule has 3 unspecified atom stereocenters. The highest BCUT2D eigenvalue weighted by molar-refractivity contribution is 5.72. The maximum absolute atomic E-state index is 11.0. The van der Waals surface area contributed by atoms with Gasteiger partial charge in [0.15, 0.2) is 0 Å². The van der Waals surface area contributed by atoms with Crippen LogP contribution in [0.4, 0.5) is 0 Å². The van der Waals surface area contributed by atoms with E-state index < -0.39 is 24.2 Å². The minimum atomic E-state index is -1.06. The molecule has 1 aliphatic heterocycles. The van der Waals surface area contributed by atoms with Gasteiger partial charge in [-0.1, -0.05) is 30.3 Å². The molecule has 5 heteroatoms. The first-order valence-electron chi connectivity index (χ1n) is 4.67. The number of aliphatic hydroxyl groups excluding tert-OH is 1. The Hall–Kier alpha value is -1.43. The fourth-order valence-electron chi connectivity index (χ4n) is 1.77. The van der Waals surface area contributed by atoms with E-state index in [1.807, 2.05) is 30.3 Å². The first-order chi connectivity index (χ1) is 7.20. The van der Waals surface area contributed by atoms with Gasteiger partial charge in [0.25, 0.3) is 0 Å². The number of nitrogens with one attached hydrogen (secondary N) is 2. The highest BCUT2D eigenvalue weighted by Crippen LogP contribution is 2.27. The third kappa shape index (κ3) is 1.85. The highest BCUT2D eigenvalue weighted by atomic mass is 16.4. The third-order valence-electron chi connectivity index (χ3n) is 2.53. The van der Waals surface area contributed by atoms with E-state index in [0.29, 0.717) is 0 Å². The van der Waals surface area contributed by atoms with Crippen LogP contribution in [0.5, 0.6) is 0 Å². The molecule has 5 nitrogen and oxygen atoms in total. The topological polar surface area (TPSA) is 81.6 Å². The minimum absolute atomic E-state index is 0.404. The van der Waals surface area contributed by atoms with Crippen molar-refractivity contribution in [1.29, 1.82) is 0 Å². The molecule has 15 heavy (non-hydrogen) atoms. The van der Waals surface area contributed by atoms with Gasteiger partial charge in [-0.05, 0) is 5.56 Å². The molecule has 0 spiro atoms. The number of aliphatic hydroxyl groups is 1. The highest BCUT2D eigenvalue weighted by Gasteiger charge is 2.40. The molecule has 1 aromatic rings. The molecule has 3 atom stereocenters. The van der Waals surface area contributed by atoms with E-state index >= 15 is 0 Å². The number of hydrogen-bond donors (Lipinski definition) is 4. The summed E-state index contributed by atoms with van der Waals surface area (Å²) in [6.45, 7) is 0. The normalized spacial score (nSPS) is 30.3. The molecule has 0 bridgehead atoms. The van der Waals surface area contributed by atoms with Gasteiger partial charge < -0.3 is 10.2 Å². The fraction of sp³-hybridized carbons (Fsp3) is 0.300. The van der Waals surface area contributed by atoms with Gasteiger partial charge in [0, 0.05) is 0 Å². The summed E-state index contributed by atoms with van der Waals surface area (Å²) in [6.07, 6.45) is -1.06. The number of carbonyl (C=O) groups is 1. The fourth-order valence-corrected chi connectivity index (χ4v) is 1.77. The van der Waals surface area contributed by atoms with Crippen molar-refractivity contribution >= 4 is 5.97 Å². The lowest BCUT2D eigenvalue weighted by molar-refractivity contribution is -0.145. The second-order valence-electron chi connectivity index (χ2n) is 3.49. The van der Waals surface area contributed by atoms with Crippen LogP contribution in [0.3, 0.4) is 0 Å². The molecule has 1 saturated heterocycles. The van der Waals surface area contributed by atoms with Gasteiger partial charge in [-0.2, -0.15) is 0 Å². The molecule has 0 saturated carbocycles. The zero-order valence-corrected chi connectivity index (χ0v) is 7.92. The predicted octanol–water partition coefficient (Wildman–Crippen LogP) is -0.145. The Kier molecular flexibility index (Phi) is 2.68. The van der Waals surface area contributed by atoms with Gasteiger partial charge in [0.05, 0.1) is 6.04 Å². The van der Waals surface area contributed by atoms with Crippen molar-refractivity contribution in [3.8, 4) is 0 Å². The Morgan fingerprint density at radius 3 is 2.47 bits per heavy atom. The van der Waals surface area contributed by atoms with Crippen molar-refractivity contribution < 1.29 is 15.0 Å². The second kappa shape index (κ2) is 3.98. The van der Waals surface area contributed by atoms with E-state index in [4.69, 9.17) is 5.11 Å². The minimum Gasteiger partial charge on any atom is -0.481 e. The van der Waals surface area contributed by atoms with Crippen LogP contribution in [0.1, 0.15) is 11.6 Å². The molecule has 2 rings (SSSR count). The third-order valence-corrected chi connectivity index (χ3v) is 2.53. The molecular formula is C10H12N2O3. The summed E-state index contributed by atoms with van der Waals surface area (Å²) < 4.78 is 0. The number of aliphatic carboxylic acids is 1. The molecule has 1 aliphatic rings. The summed E-state index contributed by atoms with van der Waals surface area (Å²) in [5, 5.41) is 18.4. The Labute approximate surface area is 86.7 Å². The SMILES string of the molecule is O=C(O)C1C(O)NNC1c1ccccc1. The molecule has 0 aromatic heterocycles. The van der Waals surface area contributed by atoms with Gasteiger partial charge >= 0.3 is 5.97 Å². The van der Waals surface area contributed by atoms with Gasteiger partial charge in [-0.3, -0.25) is 4.79 Å². The lowest BCUT2D eigenvalue weighted by Gasteiger charge is -2.15. The van der Waals surface area contributed by atoms with Crippen LogP contribution in [0, 0.1) is 5.92 Å². The molecular weight excluding hydrogens is 196 g/mol. The van der Waals surface area contributed by atoms with Gasteiger partial charge in [-0.25, -0.2) is 10.9 Å². The molecule has 0 radical (unpaired) electrons. The predicted molar refractivity (Wildman–Crippen MR) is 52.6 cm³/mol. The average molecular weight is 208 g/mol. The molecule has 4 N–H and O–H groups in total. The molecule has 0 amide bonds. The lowest BCUT2D eigenvalue weighted by Crippen LogP contribution is -2.33. The first kappa shape index (κ1) is 10.1. The van der Waals surface area contributed by atoms with Crippen molar-refractivity contribution in [2.75, 3.05) is 0 Å². The van der Waals surface area contributed by atoms with Crippen molar-refractivity contribution in [1.82, 2.24) is 10.9 Å². The average Bonchev–Trinajstić information content (AvgIpc) is 2.61. The monoisotopic (exact) mass is 208 g/mol. The van der Waals surface area contributed by atoms with Crippen LogP contribution in [-0.4, -0.2) is 22.4 Å². The summed E-state index contributed by atoms with van der Waals surface area (Å²) in [5.41, 5.74) is 6.14. The Morgan fingerprint density at radius 2 is 1.87 bits per heavy atom. The number of carboxylic acids is 1. The largest absolute Gasteiger partial charge is 0.481 e. The Bertz CT molecular complexity index is 355. The number of hydrazine groups is 1. The zero-order valence-electron chi connectivity index (χ0n) is 7.92. The van der Waals surface area contributed by atoms with Crippen molar-refractivity contribution in [2.24, 2.45) is 5.92 Å². The molecule has 1 heterocycles. The quantitative estimate of drug-likeness (QED) is 0.543. The number of carboxylic acid groups (broad SMARTS) is 1. The summed E-state index contributed by atoms with van der Waals surface area (Å²) in [6, 6.07) is 8.78. The van der Waals surface area contributed by atoms with Gasteiger partial charge in [-0.15, -0.1) is 0 Å². The molecule has 80 valence electrons. The molecule has 0 aliphatic carbocycles. The Balaban J connectivity index is 2.26. The first-order valence-corrected chi connectivity index (χ1v) is 4.67. The number of benzene rings is 1. The van der Waals surface area contributed by atoms with Crippen LogP contribution >= 0.6 is 0 Å². The summed E-state index contributed by atoms with van der Waals surface area (Å²) >= 11 is 0. The van der Waals surface area contributed by atoms with Crippen LogP contribution in [0.2, 0.25) is 0 Å². The van der Waals surface area contributed by atoms with Crippen molar-refractivity contribution in [3.05, 3.63) is 35.9 Å². The summed E-state index contributed by atoms with van der Waals surface area (Å²) in [7, 11) is 0. The van der Waals surface area contributed by atoms with E-state index in [1.165, 1.54) is 0 Å². The lowest BCUT2D eigenvalue weighted by atomic mass is 9.94. The summed E-state index contributed by atoms with van der Waals surface area (Å²) in [5.74, 6) is -1.89. The van der Waals surface area contributed by atoms with E-state index in [0.717, 1.165) is 5.56 Å². The smallest absolute Gasteiger partial charge is 0.312 e. The second-order valence-corrected chi connectivity index (χ2v) is 3.49.